The lowest BCUT2D eigenvalue weighted by Crippen LogP contribution is -2.02. The largest absolute Gasteiger partial charge is 0.497 e. The van der Waals surface area contributed by atoms with E-state index in [1.54, 1.807) is 13.3 Å². The number of halogens is 1. The van der Waals surface area contributed by atoms with Gasteiger partial charge in [-0.2, -0.15) is 0 Å². The Bertz CT molecular complexity index is 674. The summed E-state index contributed by atoms with van der Waals surface area (Å²) in [7, 11) is 1.68. The Kier molecular flexibility index (Phi) is 4.99. The number of pyridine rings is 1. The van der Waals surface area contributed by atoms with Gasteiger partial charge < -0.3 is 4.74 Å². The number of hydrogen-bond donors (Lipinski definition) is 0. The van der Waals surface area contributed by atoms with Crippen LogP contribution >= 0.6 is 11.6 Å². The molecule has 2 aromatic rings. The molecule has 0 unspecified atom stereocenters. The lowest BCUT2D eigenvalue weighted by atomic mass is 9.89. The Balaban J connectivity index is 1.85. The van der Waals surface area contributed by atoms with Crippen LogP contribution in [0.5, 0.6) is 5.75 Å². The van der Waals surface area contributed by atoms with Crippen molar-refractivity contribution in [1.29, 1.82) is 0 Å². The van der Waals surface area contributed by atoms with Gasteiger partial charge in [0.2, 0.25) is 0 Å². The van der Waals surface area contributed by atoms with Gasteiger partial charge in [0, 0.05) is 11.6 Å². The monoisotopic (exact) mass is 315 g/mol. The summed E-state index contributed by atoms with van der Waals surface area (Å²) in [5, 5.41) is 1.81. The smallest absolute Gasteiger partial charge is 0.119 e. The van der Waals surface area contributed by atoms with Crippen molar-refractivity contribution in [3.63, 3.8) is 0 Å². The first-order chi connectivity index (χ1) is 10.8. The summed E-state index contributed by atoms with van der Waals surface area (Å²) in [6.45, 7) is 0. The van der Waals surface area contributed by atoms with Crippen LogP contribution in [0.4, 0.5) is 0 Å². The van der Waals surface area contributed by atoms with Crippen LogP contribution in [0.3, 0.4) is 0 Å². The van der Waals surface area contributed by atoms with Crippen LogP contribution in [0.15, 0.2) is 36.5 Å². The number of ether oxygens (including phenoxy) is 1. The van der Waals surface area contributed by atoms with Crippen LogP contribution in [0.2, 0.25) is 5.02 Å². The molecular formula is C19H22ClNO. The predicted octanol–water partition coefficient (Wildman–Crippen LogP) is 5.58. The maximum Gasteiger partial charge on any atom is 0.119 e. The highest BCUT2D eigenvalue weighted by atomic mass is 35.5. The predicted molar refractivity (Wildman–Crippen MR) is 92.7 cm³/mol. The number of rotatable bonds is 4. The lowest BCUT2D eigenvalue weighted by molar-refractivity contribution is 0.415. The molecule has 22 heavy (non-hydrogen) atoms. The molecule has 0 aliphatic heterocycles. The Hall–Kier alpha value is -1.54. The third kappa shape index (κ3) is 3.44. The van der Waals surface area contributed by atoms with Gasteiger partial charge in [-0.25, -0.2) is 0 Å². The summed E-state index contributed by atoms with van der Waals surface area (Å²) < 4.78 is 5.33. The van der Waals surface area contributed by atoms with E-state index in [0.29, 0.717) is 0 Å². The van der Waals surface area contributed by atoms with Crippen molar-refractivity contribution in [1.82, 2.24) is 4.98 Å². The highest BCUT2D eigenvalue weighted by Gasteiger charge is 2.11. The van der Waals surface area contributed by atoms with Gasteiger partial charge >= 0.3 is 0 Å². The molecule has 0 radical (unpaired) electrons. The Morgan fingerprint density at radius 2 is 2.09 bits per heavy atom. The molecule has 116 valence electrons. The number of methoxy groups -OCH3 is 1. The van der Waals surface area contributed by atoms with Crippen molar-refractivity contribution in [2.24, 2.45) is 5.92 Å². The van der Waals surface area contributed by atoms with Gasteiger partial charge in [-0.3, -0.25) is 4.98 Å². The molecule has 2 nitrogen and oxygen atoms in total. The molecule has 1 aliphatic rings. The van der Waals surface area contributed by atoms with Gasteiger partial charge in [-0.05, 0) is 48.9 Å². The topological polar surface area (TPSA) is 22.1 Å². The van der Waals surface area contributed by atoms with Crippen LogP contribution < -0.4 is 4.74 Å². The lowest BCUT2D eigenvalue weighted by Gasteiger charge is -2.17. The third-order valence-corrected chi connectivity index (χ3v) is 4.84. The van der Waals surface area contributed by atoms with Gasteiger partial charge in [0.25, 0.3) is 0 Å². The average Bonchev–Trinajstić information content (AvgIpc) is 2.57. The number of hydrogen-bond acceptors (Lipinski definition) is 2. The van der Waals surface area contributed by atoms with Crippen LogP contribution in [-0.2, 0) is 6.42 Å². The standard InChI is InChI=1S/C19H22ClNO/c1-22-15-10-11-19-17(12-15)16(18(20)13-21-19)9-5-8-14-6-3-2-4-7-14/h5,8,10-14H,2-4,6-7,9H2,1H3. The van der Waals surface area contributed by atoms with E-state index in [1.807, 2.05) is 18.2 Å². The quantitative estimate of drug-likeness (QED) is 0.687. The molecule has 0 saturated heterocycles. The SMILES string of the molecule is COc1ccc2ncc(Cl)c(CC=CC3CCCCC3)c2c1. The molecule has 1 fully saturated rings. The highest BCUT2D eigenvalue weighted by Crippen LogP contribution is 2.29. The zero-order valence-electron chi connectivity index (χ0n) is 13.0. The fourth-order valence-electron chi connectivity index (χ4n) is 3.24. The molecule has 1 saturated carbocycles. The van der Waals surface area contributed by atoms with Gasteiger partial charge in [0.05, 0.1) is 17.6 Å². The Morgan fingerprint density at radius 1 is 1.27 bits per heavy atom. The zero-order chi connectivity index (χ0) is 15.4. The first-order valence-electron chi connectivity index (χ1n) is 8.05. The van der Waals surface area contributed by atoms with Gasteiger partial charge in [0.1, 0.15) is 5.75 Å². The van der Waals surface area contributed by atoms with E-state index in [1.165, 1.54) is 32.1 Å². The second kappa shape index (κ2) is 7.15. The van der Waals surface area contributed by atoms with E-state index in [4.69, 9.17) is 16.3 Å². The fraction of sp³-hybridized carbons (Fsp3) is 0.421. The molecule has 1 aliphatic carbocycles. The maximum absolute atomic E-state index is 6.38. The second-order valence-electron chi connectivity index (χ2n) is 6.00. The van der Waals surface area contributed by atoms with Crippen molar-refractivity contribution in [2.45, 2.75) is 38.5 Å². The molecule has 3 rings (SSSR count). The van der Waals surface area contributed by atoms with Gasteiger partial charge in [0.15, 0.2) is 0 Å². The minimum atomic E-state index is 0.731. The highest BCUT2D eigenvalue weighted by molar-refractivity contribution is 6.32. The zero-order valence-corrected chi connectivity index (χ0v) is 13.8. The number of fused-ring (bicyclic) bond motifs is 1. The summed E-state index contributed by atoms with van der Waals surface area (Å²) in [5.41, 5.74) is 2.10. The van der Waals surface area contributed by atoms with E-state index in [-0.39, 0.29) is 0 Å². The van der Waals surface area contributed by atoms with Gasteiger partial charge in [-0.15, -0.1) is 0 Å². The third-order valence-electron chi connectivity index (χ3n) is 4.51. The Labute approximate surface area is 137 Å². The van der Waals surface area contributed by atoms with E-state index < -0.39 is 0 Å². The minimum Gasteiger partial charge on any atom is -0.497 e. The molecule has 1 aromatic carbocycles. The van der Waals surface area contributed by atoms with Crippen molar-refractivity contribution in [2.75, 3.05) is 7.11 Å². The first kappa shape index (κ1) is 15.4. The Morgan fingerprint density at radius 3 is 2.86 bits per heavy atom. The van der Waals surface area contributed by atoms with Crippen LogP contribution in [-0.4, -0.2) is 12.1 Å². The molecule has 0 amide bonds. The first-order valence-corrected chi connectivity index (χ1v) is 8.43. The number of aromatic nitrogens is 1. The number of allylic oxidation sites excluding steroid dienone is 2. The maximum atomic E-state index is 6.38. The van der Waals surface area contributed by atoms with Crippen LogP contribution in [0, 0.1) is 5.92 Å². The minimum absolute atomic E-state index is 0.731. The van der Waals surface area contributed by atoms with Crippen molar-refractivity contribution >= 4 is 22.5 Å². The number of benzene rings is 1. The summed E-state index contributed by atoms with van der Waals surface area (Å²) in [4.78, 5) is 4.40. The van der Waals surface area contributed by atoms with Crippen molar-refractivity contribution in [3.8, 4) is 5.75 Å². The molecule has 1 heterocycles. The second-order valence-corrected chi connectivity index (χ2v) is 6.41. The molecule has 3 heteroatoms. The summed E-state index contributed by atoms with van der Waals surface area (Å²) in [6.07, 6.45) is 14.0. The fourth-order valence-corrected chi connectivity index (χ4v) is 3.47. The summed E-state index contributed by atoms with van der Waals surface area (Å²) >= 11 is 6.38. The normalized spacial score (nSPS) is 16.5. The van der Waals surface area contributed by atoms with Crippen molar-refractivity contribution < 1.29 is 4.74 Å². The molecule has 0 bridgehead atoms. The van der Waals surface area contributed by atoms with E-state index in [9.17, 15) is 0 Å². The molecule has 0 N–H and O–H groups in total. The molecule has 0 atom stereocenters. The van der Waals surface area contributed by atoms with Crippen molar-refractivity contribution in [3.05, 3.63) is 47.1 Å². The van der Waals surface area contributed by atoms with Gasteiger partial charge in [-0.1, -0.05) is 43.0 Å². The number of nitrogens with zero attached hydrogens (tertiary/aromatic N) is 1. The summed E-state index contributed by atoms with van der Waals surface area (Å²) in [6, 6.07) is 5.95. The van der Waals surface area contributed by atoms with Crippen LogP contribution in [0.25, 0.3) is 10.9 Å². The van der Waals surface area contributed by atoms with E-state index in [2.05, 4.69) is 17.1 Å². The molecule has 1 aromatic heterocycles. The molecular weight excluding hydrogens is 294 g/mol. The average molecular weight is 316 g/mol. The van der Waals surface area contributed by atoms with Crippen LogP contribution in [0.1, 0.15) is 37.7 Å². The van der Waals surface area contributed by atoms with E-state index in [0.717, 1.165) is 39.6 Å². The molecule has 0 spiro atoms. The summed E-state index contributed by atoms with van der Waals surface area (Å²) in [5.74, 6) is 1.59. The van der Waals surface area contributed by atoms with E-state index >= 15 is 0 Å².